The highest BCUT2D eigenvalue weighted by Gasteiger charge is 2.95. The van der Waals surface area contributed by atoms with Crippen LogP contribution in [-0.2, 0) is 0 Å². The SMILES string of the molecule is Nc1c(F)c(F)c(N)c(OC(F)=C(F)C(F)(F)C(F)(F)C(F)(F)C(F)(F)C(F)(F)C(F)(F)C(F)(F)C(F)(F)F)c1F. The molecule has 0 fully saturated rings. The highest BCUT2D eigenvalue weighted by Crippen LogP contribution is 2.64. The molecule has 0 atom stereocenters. The van der Waals surface area contributed by atoms with E-state index in [2.05, 4.69) is 16.2 Å². The van der Waals surface area contributed by atoms with Crippen LogP contribution in [0.2, 0.25) is 0 Å². The van der Waals surface area contributed by atoms with Gasteiger partial charge in [-0.3, -0.25) is 0 Å². The lowest BCUT2D eigenvalue weighted by Crippen LogP contribution is -2.74. The number of rotatable bonds is 9. The Balaban J connectivity index is 3.79. The normalized spacial score (nSPS) is 15.7. The molecule has 238 valence electrons. The van der Waals surface area contributed by atoms with Gasteiger partial charge >= 0.3 is 53.6 Å². The second kappa shape index (κ2) is 9.69. The van der Waals surface area contributed by atoms with Crippen LogP contribution >= 0.6 is 0 Å². The summed E-state index contributed by atoms with van der Waals surface area (Å²) in [5, 5.41) is 0. The maximum absolute atomic E-state index is 13.7. The number of hydrogen-bond acceptors (Lipinski definition) is 3. The van der Waals surface area contributed by atoms with Crippen molar-refractivity contribution in [3.63, 3.8) is 0 Å². The van der Waals surface area contributed by atoms with Crippen LogP contribution in [0.1, 0.15) is 0 Å². The van der Waals surface area contributed by atoms with Gasteiger partial charge in [0.25, 0.3) is 0 Å². The van der Waals surface area contributed by atoms with E-state index in [0.717, 1.165) is 0 Å². The molecule has 4 N–H and O–H groups in total. The fourth-order valence-electron chi connectivity index (χ4n) is 2.33. The lowest BCUT2D eigenvalue weighted by atomic mass is 9.88. The first kappa shape index (κ1) is 35.8. The third-order valence-corrected chi connectivity index (χ3v) is 4.71. The van der Waals surface area contributed by atoms with E-state index in [9.17, 15) is 96.6 Å². The fourth-order valence-corrected chi connectivity index (χ4v) is 2.33. The second-order valence-electron chi connectivity index (χ2n) is 7.31. The summed E-state index contributed by atoms with van der Waals surface area (Å²) in [4.78, 5) is 0. The van der Waals surface area contributed by atoms with Gasteiger partial charge in [0.1, 0.15) is 11.4 Å². The number of anilines is 2. The molecular weight excluding hydrogens is 654 g/mol. The molecule has 0 aliphatic carbocycles. The molecular formula is C16H4F22N2O. The molecule has 0 saturated heterocycles. The first-order valence-corrected chi connectivity index (χ1v) is 8.89. The van der Waals surface area contributed by atoms with E-state index in [1.165, 1.54) is 0 Å². The Bertz CT molecular complexity index is 1190. The molecule has 0 heterocycles. The minimum absolute atomic E-state index is 2.10. The molecule has 0 spiro atoms. The van der Waals surface area contributed by atoms with Crippen LogP contribution in [0.25, 0.3) is 0 Å². The Morgan fingerprint density at radius 3 is 1.15 bits per heavy atom. The van der Waals surface area contributed by atoms with Crippen molar-refractivity contribution in [3.05, 3.63) is 29.3 Å². The maximum Gasteiger partial charge on any atom is 0.460 e. The van der Waals surface area contributed by atoms with Gasteiger partial charge in [-0.05, 0) is 0 Å². The quantitative estimate of drug-likeness (QED) is 0.124. The average molecular weight is 658 g/mol. The van der Waals surface area contributed by atoms with Gasteiger partial charge in [-0.1, -0.05) is 0 Å². The van der Waals surface area contributed by atoms with Gasteiger partial charge in [0.15, 0.2) is 23.2 Å². The van der Waals surface area contributed by atoms with E-state index in [1.807, 2.05) is 0 Å². The first-order valence-electron chi connectivity index (χ1n) is 8.89. The third kappa shape index (κ3) is 4.67. The molecule has 0 unspecified atom stereocenters. The molecule has 25 heteroatoms. The van der Waals surface area contributed by atoms with Crippen LogP contribution in [0.5, 0.6) is 5.75 Å². The summed E-state index contributed by atoms with van der Waals surface area (Å²) in [5.41, 5.74) is 4.82. The highest BCUT2D eigenvalue weighted by molar-refractivity contribution is 5.63. The van der Waals surface area contributed by atoms with Gasteiger partial charge in [-0.25, -0.2) is 13.2 Å². The Labute approximate surface area is 208 Å². The van der Waals surface area contributed by atoms with Crippen LogP contribution in [0, 0.1) is 17.5 Å². The number of nitrogens with two attached hydrogens (primary N) is 2. The minimum atomic E-state index is -9.10. The van der Waals surface area contributed by atoms with Crippen LogP contribution < -0.4 is 16.2 Å². The zero-order chi connectivity index (χ0) is 33.3. The van der Waals surface area contributed by atoms with Gasteiger partial charge in [-0.2, -0.15) is 83.4 Å². The Morgan fingerprint density at radius 1 is 0.463 bits per heavy atom. The zero-order valence-electron chi connectivity index (χ0n) is 17.9. The van der Waals surface area contributed by atoms with Crippen molar-refractivity contribution in [1.82, 2.24) is 0 Å². The first-order chi connectivity index (χ1) is 17.7. The number of hydrogen-bond donors (Lipinski definition) is 2. The monoisotopic (exact) mass is 658 g/mol. The van der Waals surface area contributed by atoms with Crippen molar-refractivity contribution in [2.24, 2.45) is 0 Å². The van der Waals surface area contributed by atoms with Crippen LogP contribution in [0.15, 0.2) is 11.8 Å². The van der Waals surface area contributed by atoms with Gasteiger partial charge in [0.2, 0.25) is 5.83 Å². The summed E-state index contributed by atoms with van der Waals surface area (Å²) in [6.45, 7) is 0. The lowest BCUT2D eigenvalue weighted by molar-refractivity contribution is -0.460. The average Bonchev–Trinajstić information content (AvgIpc) is 2.81. The van der Waals surface area contributed by atoms with Crippen molar-refractivity contribution in [1.29, 1.82) is 0 Å². The number of alkyl halides is 17. The van der Waals surface area contributed by atoms with Crippen molar-refractivity contribution in [2.75, 3.05) is 11.5 Å². The van der Waals surface area contributed by atoms with E-state index in [-0.39, 0.29) is 0 Å². The van der Waals surface area contributed by atoms with Gasteiger partial charge in [0, 0.05) is 0 Å². The number of ether oxygens (including phenoxy) is 1. The lowest BCUT2D eigenvalue weighted by Gasteiger charge is -2.42. The number of halogens is 22. The predicted octanol–water partition coefficient (Wildman–Crippen LogP) is 7.76. The highest BCUT2D eigenvalue weighted by atomic mass is 19.4. The van der Waals surface area contributed by atoms with Crippen molar-refractivity contribution >= 4 is 11.4 Å². The topological polar surface area (TPSA) is 61.3 Å². The zero-order valence-corrected chi connectivity index (χ0v) is 17.9. The molecule has 0 aliphatic heterocycles. The van der Waals surface area contributed by atoms with Crippen LogP contribution in [0.4, 0.5) is 108 Å². The number of nitrogen functional groups attached to an aromatic ring is 2. The third-order valence-electron chi connectivity index (χ3n) is 4.71. The summed E-state index contributed by atoms with van der Waals surface area (Å²) in [6, 6.07) is -4.22. The molecule has 0 radical (unpaired) electrons. The Morgan fingerprint density at radius 2 is 0.780 bits per heavy atom. The molecule has 0 saturated carbocycles. The van der Waals surface area contributed by atoms with Gasteiger partial charge in [-0.15, -0.1) is 0 Å². The Kier molecular flexibility index (Phi) is 8.47. The minimum Gasteiger partial charge on any atom is -0.424 e. The fraction of sp³-hybridized carbons (Fsp3) is 0.500. The van der Waals surface area contributed by atoms with E-state index in [4.69, 9.17) is 0 Å². The Hall–Kier alpha value is -3.18. The van der Waals surface area contributed by atoms with Crippen LogP contribution in [0.3, 0.4) is 0 Å². The molecule has 0 bridgehead atoms. The van der Waals surface area contributed by atoms with E-state index < -0.39 is 94.0 Å². The largest absolute Gasteiger partial charge is 0.460 e. The molecule has 0 aromatic heterocycles. The van der Waals surface area contributed by atoms with Crippen LogP contribution in [-0.4, -0.2) is 47.6 Å². The number of allylic oxidation sites excluding steroid dienone is 1. The molecule has 3 nitrogen and oxygen atoms in total. The molecule has 0 aliphatic rings. The molecule has 1 aromatic carbocycles. The summed E-state index contributed by atoms with van der Waals surface area (Å²) in [7, 11) is 0. The predicted molar refractivity (Wildman–Crippen MR) is 85.7 cm³/mol. The molecule has 1 rings (SSSR count). The standard InChI is InChI=1S/C16H4F22N2O/c17-1-2(18)5(40)6(3(19)4(1)39)41-8(21)7(20)9(22,23)10(24,25)11(26,27)12(28,29)13(30,31)14(32,33)15(34,35)16(36,37)38/h39-40H2. The van der Waals surface area contributed by atoms with Crippen molar-refractivity contribution in [2.45, 2.75) is 47.6 Å². The number of benzene rings is 1. The maximum atomic E-state index is 13.7. The summed E-state index contributed by atoms with van der Waals surface area (Å²) < 4.78 is 295. The van der Waals surface area contributed by atoms with E-state index >= 15 is 0 Å². The molecule has 41 heavy (non-hydrogen) atoms. The van der Waals surface area contributed by atoms with Crippen molar-refractivity contribution in [3.8, 4) is 5.75 Å². The van der Waals surface area contributed by atoms with E-state index in [1.54, 1.807) is 0 Å². The summed E-state index contributed by atoms with van der Waals surface area (Å²) in [5.74, 6) is -76.4. The summed E-state index contributed by atoms with van der Waals surface area (Å²) >= 11 is 0. The van der Waals surface area contributed by atoms with Gasteiger partial charge in [0.05, 0.1) is 0 Å². The summed E-state index contributed by atoms with van der Waals surface area (Å²) in [6.07, 6.45) is -8.01. The van der Waals surface area contributed by atoms with Crippen molar-refractivity contribution < 1.29 is 101 Å². The molecule has 0 amide bonds. The molecule has 1 aromatic rings. The van der Waals surface area contributed by atoms with Gasteiger partial charge < -0.3 is 16.2 Å². The second-order valence-corrected chi connectivity index (χ2v) is 7.31. The van der Waals surface area contributed by atoms with E-state index in [0.29, 0.717) is 0 Å². The smallest absolute Gasteiger partial charge is 0.424 e.